The molecule has 7 atom stereocenters. The Morgan fingerprint density at radius 3 is 2.49 bits per heavy atom. The van der Waals surface area contributed by atoms with Gasteiger partial charge in [0, 0.05) is 0 Å². The number of hydrogen-bond donors (Lipinski definition) is 3. The molecule has 3 rings (SSSR count). The Morgan fingerprint density at radius 1 is 1.26 bits per heavy atom. The van der Waals surface area contributed by atoms with Crippen LogP contribution in [0.1, 0.15) is 33.9 Å². The van der Waals surface area contributed by atoms with E-state index in [1.165, 1.54) is 26.0 Å². The molecule has 3 N–H and O–H groups in total. The Hall–Kier alpha value is -2.97. The molecule has 1 unspecified atom stereocenters. The number of carbonyl (C=O) groups is 1. The maximum absolute atomic E-state index is 15.7. The fraction of sp³-hybridized carbons (Fsp3) is 0.522. The number of nitrogens with one attached hydrogen (secondary N) is 2. The number of alkyl halides is 2. The molecule has 216 valence electrons. The molecule has 2 heterocycles. The Kier molecular flexibility index (Phi) is 9.44. The van der Waals surface area contributed by atoms with Crippen LogP contribution in [-0.4, -0.2) is 63.4 Å². The van der Waals surface area contributed by atoms with Crippen LogP contribution in [0.4, 0.5) is 13.2 Å². The highest BCUT2D eigenvalue weighted by Gasteiger charge is 2.61. The van der Waals surface area contributed by atoms with Gasteiger partial charge < -0.3 is 19.1 Å². The first-order valence-corrected chi connectivity index (χ1v) is 13.4. The largest absolute Gasteiger partial charge is 0.462 e. The number of rotatable bonds is 11. The molecule has 1 fully saturated rings. The second-order valence-electron chi connectivity index (χ2n) is 9.15. The van der Waals surface area contributed by atoms with Crippen molar-refractivity contribution in [1.29, 1.82) is 0 Å². The van der Waals surface area contributed by atoms with Gasteiger partial charge in [0.25, 0.3) is 5.56 Å². The predicted molar refractivity (Wildman–Crippen MR) is 130 cm³/mol. The number of aromatic nitrogens is 2. The van der Waals surface area contributed by atoms with Gasteiger partial charge in [0.05, 0.1) is 18.4 Å². The molecule has 1 aromatic carbocycles. The number of aliphatic hydroxyl groups is 1. The summed E-state index contributed by atoms with van der Waals surface area (Å²) in [4.78, 5) is 37.5. The molecule has 1 saturated heterocycles. The number of aliphatic hydroxyl groups excluding tert-OH is 1. The average Bonchev–Trinajstić information content (AvgIpc) is 3.12. The molecule has 12 nitrogen and oxygen atoms in total. The van der Waals surface area contributed by atoms with Crippen LogP contribution >= 0.6 is 7.75 Å². The number of aromatic amines is 1. The van der Waals surface area contributed by atoms with Crippen molar-refractivity contribution in [3.05, 3.63) is 63.2 Å². The summed E-state index contributed by atoms with van der Waals surface area (Å²) in [5, 5.41) is 13.1. The van der Waals surface area contributed by atoms with Crippen molar-refractivity contribution in [1.82, 2.24) is 14.6 Å². The third-order valence-corrected chi connectivity index (χ3v) is 7.44. The minimum Gasteiger partial charge on any atom is -0.462 e. The molecule has 0 bridgehead atoms. The van der Waals surface area contributed by atoms with E-state index in [9.17, 15) is 32.8 Å². The number of para-hydroxylation sites is 1. The summed E-state index contributed by atoms with van der Waals surface area (Å²) in [6.45, 7) is 3.83. The third-order valence-electron chi connectivity index (χ3n) is 5.67. The second kappa shape index (κ2) is 12.0. The lowest BCUT2D eigenvalue weighted by molar-refractivity contribution is -0.149. The van der Waals surface area contributed by atoms with E-state index in [1.807, 2.05) is 0 Å². The second-order valence-corrected chi connectivity index (χ2v) is 10.8. The van der Waals surface area contributed by atoms with Crippen molar-refractivity contribution in [2.45, 2.75) is 70.0 Å². The van der Waals surface area contributed by atoms with Crippen LogP contribution in [0.3, 0.4) is 0 Å². The zero-order valence-corrected chi connectivity index (χ0v) is 22.3. The van der Waals surface area contributed by atoms with Gasteiger partial charge in [-0.3, -0.25) is 23.7 Å². The summed E-state index contributed by atoms with van der Waals surface area (Å²) in [5.41, 5.74) is -6.04. The van der Waals surface area contributed by atoms with Crippen LogP contribution in [0.25, 0.3) is 0 Å². The van der Waals surface area contributed by atoms with E-state index in [1.54, 1.807) is 37.0 Å². The summed E-state index contributed by atoms with van der Waals surface area (Å²) < 4.78 is 79.0. The molecule has 2 aromatic rings. The van der Waals surface area contributed by atoms with Crippen LogP contribution in [0.5, 0.6) is 5.75 Å². The number of ether oxygens (including phenoxy) is 2. The topological polar surface area (TPSA) is 158 Å². The number of halogens is 3. The first-order chi connectivity index (χ1) is 18.2. The van der Waals surface area contributed by atoms with Crippen molar-refractivity contribution in [2.24, 2.45) is 0 Å². The quantitative estimate of drug-likeness (QED) is 0.266. The van der Waals surface area contributed by atoms with Crippen LogP contribution in [0, 0.1) is 5.82 Å². The predicted octanol–water partition coefficient (Wildman–Crippen LogP) is 2.13. The first kappa shape index (κ1) is 30.6. The van der Waals surface area contributed by atoms with Crippen molar-refractivity contribution < 1.29 is 46.2 Å². The summed E-state index contributed by atoms with van der Waals surface area (Å²) in [6, 6.07) is 6.42. The Bertz CT molecular complexity index is 1330. The van der Waals surface area contributed by atoms with Gasteiger partial charge in [0.15, 0.2) is 6.23 Å². The van der Waals surface area contributed by atoms with Crippen molar-refractivity contribution in [2.75, 3.05) is 6.67 Å². The van der Waals surface area contributed by atoms with E-state index in [2.05, 4.69) is 5.09 Å². The molecule has 0 amide bonds. The van der Waals surface area contributed by atoms with E-state index < -0.39 is 79.8 Å². The zero-order chi connectivity index (χ0) is 29.1. The smallest absolute Gasteiger partial charge is 0.459 e. The van der Waals surface area contributed by atoms with Gasteiger partial charge in [-0.15, -0.1) is 0 Å². The highest BCUT2D eigenvalue weighted by atomic mass is 31.2. The van der Waals surface area contributed by atoms with E-state index in [0.29, 0.717) is 6.20 Å². The lowest BCUT2D eigenvalue weighted by Crippen LogP contribution is -2.49. The van der Waals surface area contributed by atoms with Crippen LogP contribution in [-0.2, 0) is 23.4 Å². The molecular weight excluding hydrogens is 550 g/mol. The summed E-state index contributed by atoms with van der Waals surface area (Å²) in [6.07, 6.45) is -8.07. The Labute approximate surface area is 220 Å². The average molecular weight is 579 g/mol. The van der Waals surface area contributed by atoms with Gasteiger partial charge in [-0.25, -0.2) is 18.1 Å². The van der Waals surface area contributed by atoms with Gasteiger partial charge in [0.2, 0.25) is 11.5 Å². The number of nitrogens with zero attached hydrogens (tertiary/aromatic N) is 1. The molecule has 1 aromatic heterocycles. The molecule has 0 aliphatic carbocycles. The van der Waals surface area contributed by atoms with E-state index in [4.69, 9.17) is 18.5 Å². The van der Waals surface area contributed by atoms with Gasteiger partial charge in [-0.2, -0.15) is 9.48 Å². The maximum Gasteiger partial charge on any atom is 0.459 e. The molecule has 16 heteroatoms. The highest BCUT2D eigenvalue weighted by Crippen LogP contribution is 2.49. The molecular formula is C23H29F3N3O9P. The molecule has 1 aliphatic rings. The van der Waals surface area contributed by atoms with Gasteiger partial charge in [0.1, 0.15) is 30.7 Å². The van der Waals surface area contributed by atoms with E-state index >= 15 is 4.39 Å². The lowest BCUT2D eigenvalue weighted by Gasteiger charge is -2.29. The fourth-order valence-electron chi connectivity index (χ4n) is 3.80. The zero-order valence-electron chi connectivity index (χ0n) is 21.4. The normalized spacial score (nSPS) is 26.1. The van der Waals surface area contributed by atoms with Crippen LogP contribution in [0.15, 0.2) is 46.1 Å². The fourth-order valence-corrected chi connectivity index (χ4v) is 5.49. The summed E-state index contributed by atoms with van der Waals surface area (Å²) in [7, 11) is -4.53. The number of carbonyl (C=O) groups excluding carboxylic acids is 1. The lowest BCUT2D eigenvalue weighted by atomic mass is 9.95. The van der Waals surface area contributed by atoms with Crippen molar-refractivity contribution in [3.8, 4) is 5.75 Å². The minimum atomic E-state index is -4.53. The summed E-state index contributed by atoms with van der Waals surface area (Å²) >= 11 is 0. The first-order valence-electron chi connectivity index (χ1n) is 11.8. The van der Waals surface area contributed by atoms with E-state index in [-0.39, 0.29) is 10.3 Å². The number of hydrogen-bond acceptors (Lipinski definition) is 9. The number of esters is 1. The van der Waals surface area contributed by atoms with Gasteiger partial charge in [-0.1, -0.05) is 18.2 Å². The molecule has 1 aliphatic heterocycles. The van der Waals surface area contributed by atoms with Gasteiger partial charge >= 0.3 is 19.4 Å². The van der Waals surface area contributed by atoms with E-state index in [0.717, 1.165) is 0 Å². The minimum absolute atomic E-state index is 0.0505. The van der Waals surface area contributed by atoms with Crippen LogP contribution in [0.2, 0.25) is 0 Å². The molecule has 39 heavy (non-hydrogen) atoms. The number of benzene rings is 1. The maximum atomic E-state index is 15.7. The number of H-pyrrole nitrogens is 1. The SMILES string of the molecule is CC(C)OC(=O)[C@H](C)N[P@@](=O)(Oc1ccccc1)O[C@H](C)[C@H]1O[C@@H](n2cc(F)c(=O)[nH]c2=O)[C@@](F)(CF)C1O. The molecule has 0 saturated carbocycles. The Balaban J connectivity index is 1.91. The standard InChI is InChI=1S/C23H29F3N3O9P/c1-12(2)35-20(32)13(3)28-39(34,38-15-8-6-5-7-9-15)37-14(4)17-18(30)23(26,11-24)21(36-17)29-10-16(25)19(31)27-22(29)33/h5-10,12-14,17-18,21,30H,11H2,1-4H3,(H,28,34)(H,27,31,33)/t13-,14+,17+,18?,21+,23+,39-/m0/s1. The Morgan fingerprint density at radius 2 is 1.90 bits per heavy atom. The molecule has 0 spiro atoms. The van der Waals surface area contributed by atoms with Gasteiger partial charge in [-0.05, 0) is 39.8 Å². The summed E-state index contributed by atoms with van der Waals surface area (Å²) in [5.74, 6) is -2.24. The highest BCUT2D eigenvalue weighted by molar-refractivity contribution is 7.52. The van der Waals surface area contributed by atoms with Crippen molar-refractivity contribution >= 4 is 13.7 Å². The van der Waals surface area contributed by atoms with Crippen molar-refractivity contribution in [3.63, 3.8) is 0 Å². The third kappa shape index (κ3) is 6.79. The molecule has 0 radical (unpaired) electrons. The van der Waals surface area contributed by atoms with Crippen LogP contribution < -0.4 is 20.9 Å². The monoisotopic (exact) mass is 579 g/mol.